The summed E-state index contributed by atoms with van der Waals surface area (Å²) in [5.74, 6) is -0.0718. The van der Waals surface area contributed by atoms with E-state index in [1.807, 2.05) is 30.7 Å². The van der Waals surface area contributed by atoms with E-state index >= 15 is 0 Å². The molecule has 0 bridgehead atoms. The van der Waals surface area contributed by atoms with Crippen molar-refractivity contribution in [3.8, 4) is 0 Å². The molecule has 0 radical (unpaired) electrons. The summed E-state index contributed by atoms with van der Waals surface area (Å²) in [4.78, 5) is 14.2. The number of likely N-dealkylation sites (tertiary alicyclic amines) is 1. The number of ether oxygens (including phenoxy) is 1. The van der Waals surface area contributed by atoms with Crippen molar-refractivity contribution in [2.24, 2.45) is 7.05 Å². The molecule has 0 saturated carbocycles. The van der Waals surface area contributed by atoms with Gasteiger partial charge in [0.05, 0.1) is 18.8 Å². The van der Waals surface area contributed by atoms with Crippen LogP contribution in [0, 0.1) is 0 Å². The molecule has 6 heteroatoms. The Kier molecular flexibility index (Phi) is 6.62. The molecule has 130 valence electrons. The first-order valence-corrected chi connectivity index (χ1v) is 8.46. The second-order valence-electron chi connectivity index (χ2n) is 6.10. The molecule has 0 unspecified atom stereocenters. The van der Waals surface area contributed by atoms with E-state index in [1.54, 1.807) is 7.05 Å². The molecule has 1 aromatic rings. The maximum absolute atomic E-state index is 11.9. The molecule has 6 nitrogen and oxygen atoms in total. The van der Waals surface area contributed by atoms with Gasteiger partial charge in [-0.05, 0) is 38.4 Å². The van der Waals surface area contributed by atoms with E-state index in [0.717, 1.165) is 25.1 Å². The first kappa shape index (κ1) is 18.0. The number of aromatic nitrogens is 1. The fraction of sp³-hybridized carbons (Fsp3) is 0.706. The summed E-state index contributed by atoms with van der Waals surface area (Å²) in [5.41, 5.74) is 1.80. The van der Waals surface area contributed by atoms with E-state index in [0.29, 0.717) is 25.5 Å². The summed E-state index contributed by atoms with van der Waals surface area (Å²) >= 11 is 0. The van der Waals surface area contributed by atoms with Gasteiger partial charge in [-0.1, -0.05) is 6.42 Å². The molecule has 1 aliphatic rings. The molecule has 0 aromatic carbocycles. The van der Waals surface area contributed by atoms with Gasteiger partial charge in [0, 0.05) is 32.9 Å². The maximum atomic E-state index is 11.9. The van der Waals surface area contributed by atoms with Gasteiger partial charge in [-0.3, -0.25) is 9.69 Å². The molecule has 23 heavy (non-hydrogen) atoms. The number of aliphatic hydroxyl groups is 1. The van der Waals surface area contributed by atoms with E-state index in [4.69, 9.17) is 4.74 Å². The Morgan fingerprint density at radius 1 is 1.48 bits per heavy atom. The van der Waals surface area contributed by atoms with E-state index in [2.05, 4.69) is 10.2 Å². The summed E-state index contributed by atoms with van der Waals surface area (Å²) in [7, 11) is 3.58. The lowest BCUT2D eigenvalue weighted by Crippen LogP contribution is -2.41. The van der Waals surface area contributed by atoms with Crippen LogP contribution in [0.4, 0.5) is 0 Å². The Hall–Kier alpha value is -1.37. The van der Waals surface area contributed by atoms with Crippen molar-refractivity contribution in [1.29, 1.82) is 0 Å². The van der Waals surface area contributed by atoms with Crippen LogP contribution in [-0.2, 0) is 11.8 Å². The number of carbonyl (C=O) groups is 1. The van der Waals surface area contributed by atoms with Crippen LogP contribution < -0.4 is 5.32 Å². The van der Waals surface area contributed by atoms with Crippen LogP contribution >= 0.6 is 0 Å². The van der Waals surface area contributed by atoms with Gasteiger partial charge in [0.1, 0.15) is 5.69 Å². The van der Waals surface area contributed by atoms with Crippen LogP contribution in [0.2, 0.25) is 0 Å². The number of carbonyl (C=O) groups excluding carboxylic acids is 1. The molecule has 2 rings (SSSR count). The molecular weight excluding hydrogens is 294 g/mol. The van der Waals surface area contributed by atoms with Crippen LogP contribution in [0.3, 0.4) is 0 Å². The normalized spacial score (nSPS) is 20.4. The molecule has 0 spiro atoms. The van der Waals surface area contributed by atoms with Crippen molar-refractivity contribution in [2.75, 3.05) is 33.4 Å². The second-order valence-corrected chi connectivity index (χ2v) is 6.10. The van der Waals surface area contributed by atoms with E-state index in [1.165, 1.54) is 6.42 Å². The van der Waals surface area contributed by atoms with Crippen molar-refractivity contribution in [3.05, 3.63) is 23.5 Å². The van der Waals surface area contributed by atoms with Crippen LogP contribution in [0.1, 0.15) is 48.4 Å². The van der Waals surface area contributed by atoms with Crippen LogP contribution in [0.15, 0.2) is 12.1 Å². The SMILES string of the molecule is CCOC[C@@H](O)CN1CCCC[C@H]1c1ccc(C(=O)NC)n1C. The number of rotatable bonds is 7. The number of piperidine rings is 1. The van der Waals surface area contributed by atoms with Crippen LogP contribution in [0.5, 0.6) is 0 Å². The van der Waals surface area contributed by atoms with E-state index in [-0.39, 0.29) is 11.9 Å². The third-order valence-corrected chi connectivity index (χ3v) is 4.54. The summed E-state index contributed by atoms with van der Waals surface area (Å²) in [6.07, 6.45) is 2.88. The van der Waals surface area contributed by atoms with Gasteiger partial charge in [-0.15, -0.1) is 0 Å². The third kappa shape index (κ3) is 4.34. The number of β-amino-alcohol motifs (C(OH)–C–C–N with tert-alkyl or cyclic N) is 1. The van der Waals surface area contributed by atoms with Crippen LogP contribution in [-0.4, -0.2) is 59.9 Å². The molecule has 1 amide bonds. The smallest absolute Gasteiger partial charge is 0.267 e. The van der Waals surface area contributed by atoms with Gasteiger partial charge in [0.25, 0.3) is 5.91 Å². The average molecular weight is 323 g/mol. The molecular formula is C17H29N3O3. The predicted octanol–water partition coefficient (Wildman–Crippen LogP) is 1.31. The molecule has 2 atom stereocenters. The number of hydrogen-bond acceptors (Lipinski definition) is 4. The number of hydrogen-bond donors (Lipinski definition) is 2. The third-order valence-electron chi connectivity index (χ3n) is 4.54. The van der Waals surface area contributed by atoms with Crippen molar-refractivity contribution < 1.29 is 14.6 Å². The highest BCUT2D eigenvalue weighted by Gasteiger charge is 2.28. The van der Waals surface area contributed by atoms with Crippen molar-refractivity contribution >= 4 is 5.91 Å². The highest BCUT2D eigenvalue weighted by Crippen LogP contribution is 2.31. The zero-order valence-electron chi connectivity index (χ0n) is 14.4. The minimum atomic E-state index is -0.478. The Bertz CT molecular complexity index is 515. The lowest BCUT2D eigenvalue weighted by molar-refractivity contribution is 0.00427. The van der Waals surface area contributed by atoms with Gasteiger partial charge >= 0.3 is 0 Å². The molecule has 2 N–H and O–H groups in total. The summed E-state index contributed by atoms with van der Waals surface area (Å²) in [5, 5.41) is 12.8. The molecule has 0 aliphatic carbocycles. The van der Waals surface area contributed by atoms with E-state index < -0.39 is 6.10 Å². The molecule has 1 aliphatic heterocycles. The average Bonchev–Trinajstić information content (AvgIpc) is 2.94. The largest absolute Gasteiger partial charge is 0.389 e. The number of nitrogens with one attached hydrogen (secondary N) is 1. The summed E-state index contributed by atoms with van der Waals surface area (Å²) in [6.45, 7) is 4.49. The Morgan fingerprint density at radius 3 is 2.96 bits per heavy atom. The van der Waals surface area contributed by atoms with Crippen LogP contribution in [0.25, 0.3) is 0 Å². The minimum Gasteiger partial charge on any atom is -0.389 e. The number of nitrogens with zero attached hydrogens (tertiary/aromatic N) is 2. The zero-order chi connectivity index (χ0) is 16.8. The Morgan fingerprint density at radius 2 is 2.26 bits per heavy atom. The van der Waals surface area contributed by atoms with E-state index in [9.17, 15) is 9.90 Å². The van der Waals surface area contributed by atoms with Crippen molar-refractivity contribution in [1.82, 2.24) is 14.8 Å². The number of amides is 1. The van der Waals surface area contributed by atoms with Gasteiger partial charge < -0.3 is 19.7 Å². The van der Waals surface area contributed by atoms with Gasteiger partial charge in [0.15, 0.2) is 0 Å². The van der Waals surface area contributed by atoms with Gasteiger partial charge in [-0.2, -0.15) is 0 Å². The lowest BCUT2D eigenvalue weighted by atomic mass is 9.99. The quantitative estimate of drug-likeness (QED) is 0.794. The fourth-order valence-electron chi connectivity index (χ4n) is 3.34. The topological polar surface area (TPSA) is 66.7 Å². The summed E-state index contributed by atoms with van der Waals surface area (Å²) in [6, 6.07) is 4.14. The highest BCUT2D eigenvalue weighted by molar-refractivity contribution is 5.92. The molecule has 1 aromatic heterocycles. The minimum absolute atomic E-state index is 0.0718. The van der Waals surface area contributed by atoms with Gasteiger partial charge in [-0.25, -0.2) is 0 Å². The first-order valence-electron chi connectivity index (χ1n) is 8.46. The molecule has 1 fully saturated rings. The highest BCUT2D eigenvalue weighted by atomic mass is 16.5. The van der Waals surface area contributed by atoms with Gasteiger partial charge in [0.2, 0.25) is 0 Å². The first-order chi connectivity index (χ1) is 11.1. The van der Waals surface area contributed by atoms with Crippen molar-refractivity contribution in [3.63, 3.8) is 0 Å². The van der Waals surface area contributed by atoms with Crippen molar-refractivity contribution in [2.45, 2.75) is 38.3 Å². The maximum Gasteiger partial charge on any atom is 0.267 e. The fourth-order valence-corrected chi connectivity index (χ4v) is 3.34. The summed E-state index contributed by atoms with van der Waals surface area (Å²) < 4.78 is 7.29. The zero-order valence-corrected chi connectivity index (χ0v) is 14.4. The Labute approximate surface area is 138 Å². The second kappa shape index (κ2) is 8.47. The monoisotopic (exact) mass is 323 g/mol. The Balaban J connectivity index is 2.12. The predicted molar refractivity (Wildman–Crippen MR) is 89.5 cm³/mol. The molecule has 1 saturated heterocycles. The standard InChI is InChI=1S/C17H29N3O3/c1-4-23-12-13(21)11-20-10-6-5-7-15(20)14-8-9-16(19(14)3)17(22)18-2/h8-9,13,15,21H,4-7,10-12H2,1-3H3,(H,18,22)/t13-,15-/m0/s1. The molecule has 2 heterocycles. The number of aliphatic hydroxyl groups excluding tert-OH is 1. The lowest BCUT2D eigenvalue weighted by Gasteiger charge is -2.37.